The molecule has 1 unspecified atom stereocenters. The first-order chi connectivity index (χ1) is 13.4. The molecule has 2 N–H and O–H groups in total. The fourth-order valence-electron chi connectivity index (χ4n) is 3.02. The molecule has 0 radical (unpaired) electrons. The van der Waals surface area contributed by atoms with E-state index in [1.165, 1.54) is 6.07 Å². The van der Waals surface area contributed by atoms with Crippen LogP contribution in [-0.4, -0.2) is 40.7 Å². The lowest BCUT2D eigenvalue weighted by atomic mass is 10.1. The molecule has 3 rings (SSSR count). The van der Waals surface area contributed by atoms with E-state index in [1.807, 2.05) is 0 Å². The summed E-state index contributed by atoms with van der Waals surface area (Å²) in [6.07, 6.45) is 1.74. The number of sulfonamides is 1. The van der Waals surface area contributed by atoms with E-state index >= 15 is 0 Å². The number of anilines is 1. The Morgan fingerprint density at radius 1 is 1.18 bits per heavy atom. The Morgan fingerprint density at radius 2 is 1.93 bits per heavy atom. The molecule has 0 spiro atoms. The highest BCUT2D eigenvalue weighted by Crippen LogP contribution is 2.22. The molecule has 8 heteroatoms. The van der Waals surface area contributed by atoms with Gasteiger partial charge in [0.25, 0.3) is 15.9 Å². The largest absolute Gasteiger partial charge is 0.497 e. The molecule has 0 saturated carbocycles. The summed E-state index contributed by atoms with van der Waals surface area (Å²) in [5.41, 5.74) is 1.26. The summed E-state index contributed by atoms with van der Waals surface area (Å²) in [5.74, 6) is 0.320. The lowest BCUT2D eigenvalue weighted by molar-refractivity contribution is 0.0624. The second-order valence-electron chi connectivity index (χ2n) is 6.70. The summed E-state index contributed by atoms with van der Waals surface area (Å²) in [5, 5.41) is 2.90. The smallest absolute Gasteiger partial charge is 0.262 e. The normalized spacial score (nSPS) is 17.0. The Bertz CT molecular complexity index is 936. The number of nitrogens with one attached hydrogen (secondary N) is 2. The molecule has 0 bridgehead atoms. The van der Waals surface area contributed by atoms with Gasteiger partial charge in [-0.1, -0.05) is 6.07 Å². The monoisotopic (exact) mass is 404 g/mol. The van der Waals surface area contributed by atoms with Crippen LogP contribution in [0.1, 0.15) is 28.8 Å². The van der Waals surface area contributed by atoms with Gasteiger partial charge in [0.15, 0.2) is 0 Å². The van der Waals surface area contributed by atoms with Crippen LogP contribution >= 0.6 is 0 Å². The van der Waals surface area contributed by atoms with E-state index in [1.54, 1.807) is 50.4 Å². The molecule has 2 aromatic carbocycles. The van der Waals surface area contributed by atoms with Gasteiger partial charge < -0.3 is 14.8 Å². The Labute approximate surface area is 165 Å². The third-order valence-corrected chi connectivity index (χ3v) is 6.10. The first kappa shape index (κ1) is 20.2. The lowest BCUT2D eigenvalue weighted by Gasteiger charge is -2.23. The average molecular weight is 404 g/mol. The van der Waals surface area contributed by atoms with Crippen molar-refractivity contribution in [2.24, 2.45) is 0 Å². The van der Waals surface area contributed by atoms with Crippen molar-refractivity contribution in [2.45, 2.75) is 30.7 Å². The molecule has 0 aliphatic carbocycles. The van der Waals surface area contributed by atoms with Gasteiger partial charge in [0.1, 0.15) is 5.75 Å². The van der Waals surface area contributed by atoms with Crippen LogP contribution < -0.4 is 14.8 Å². The van der Waals surface area contributed by atoms with Crippen LogP contribution in [0.4, 0.5) is 5.69 Å². The van der Waals surface area contributed by atoms with Gasteiger partial charge in [0.2, 0.25) is 0 Å². The lowest BCUT2D eigenvalue weighted by Crippen LogP contribution is -2.40. The zero-order chi connectivity index (χ0) is 20.1. The highest BCUT2D eigenvalue weighted by molar-refractivity contribution is 7.92. The second kappa shape index (κ2) is 8.62. The van der Waals surface area contributed by atoms with E-state index in [0.717, 1.165) is 12.8 Å². The van der Waals surface area contributed by atoms with Crippen LogP contribution in [-0.2, 0) is 14.8 Å². The molecule has 1 atom stereocenters. The van der Waals surface area contributed by atoms with Crippen LogP contribution in [0.15, 0.2) is 47.4 Å². The van der Waals surface area contributed by atoms with Crippen LogP contribution in [0.2, 0.25) is 0 Å². The molecule has 1 heterocycles. The molecule has 2 aromatic rings. The van der Waals surface area contributed by atoms with E-state index in [2.05, 4.69) is 10.0 Å². The molecule has 7 nitrogen and oxygen atoms in total. The molecule has 1 amide bonds. The predicted octanol–water partition coefficient (Wildman–Crippen LogP) is 2.71. The summed E-state index contributed by atoms with van der Waals surface area (Å²) in [6.45, 7) is 2.87. The Hall–Kier alpha value is -2.58. The maximum Gasteiger partial charge on any atom is 0.262 e. The Balaban J connectivity index is 1.79. The van der Waals surface area contributed by atoms with Gasteiger partial charge in [0.05, 0.1) is 24.7 Å². The fourth-order valence-corrected chi connectivity index (χ4v) is 4.35. The summed E-state index contributed by atoms with van der Waals surface area (Å²) in [7, 11) is -2.31. The highest BCUT2D eigenvalue weighted by Gasteiger charge is 2.21. The highest BCUT2D eigenvalue weighted by atomic mass is 32.2. The van der Waals surface area contributed by atoms with Gasteiger partial charge in [0, 0.05) is 17.9 Å². The Kier molecular flexibility index (Phi) is 6.21. The number of hydrogen-bond donors (Lipinski definition) is 2. The van der Waals surface area contributed by atoms with Crippen LogP contribution in [0.25, 0.3) is 0 Å². The van der Waals surface area contributed by atoms with E-state index in [9.17, 15) is 13.2 Å². The number of amides is 1. The van der Waals surface area contributed by atoms with Gasteiger partial charge in [-0.15, -0.1) is 0 Å². The van der Waals surface area contributed by atoms with E-state index < -0.39 is 10.0 Å². The van der Waals surface area contributed by atoms with Crippen molar-refractivity contribution in [1.29, 1.82) is 0 Å². The summed E-state index contributed by atoms with van der Waals surface area (Å²) in [6, 6.07) is 11.2. The first-order valence-corrected chi connectivity index (χ1v) is 10.5. The van der Waals surface area contributed by atoms with Gasteiger partial charge in [-0.3, -0.25) is 9.52 Å². The molecular formula is C20H24N2O5S. The number of methoxy groups -OCH3 is 1. The molecule has 1 fully saturated rings. The van der Waals surface area contributed by atoms with Crippen molar-refractivity contribution >= 4 is 21.6 Å². The van der Waals surface area contributed by atoms with Crippen LogP contribution in [0.3, 0.4) is 0 Å². The fraction of sp³-hybridized carbons (Fsp3) is 0.350. The number of ether oxygens (including phenoxy) is 2. The number of rotatable bonds is 6. The zero-order valence-electron chi connectivity index (χ0n) is 15.9. The maximum absolute atomic E-state index is 12.8. The molecule has 150 valence electrons. The minimum absolute atomic E-state index is 0.0555. The van der Waals surface area contributed by atoms with Crippen molar-refractivity contribution in [1.82, 2.24) is 5.32 Å². The molecule has 28 heavy (non-hydrogen) atoms. The number of aryl methyl sites for hydroxylation is 1. The van der Waals surface area contributed by atoms with E-state index in [4.69, 9.17) is 9.47 Å². The number of hydrogen-bond acceptors (Lipinski definition) is 5. The number of benzene rings is 2. The summed E-state index contributed by atoms with van der Waals surface area (Å²) < 4.78 is 38.7. The molecule has 1 aliphatic rings. The quantitative estimate of drug-likeness (QED) is 0.772. The average Bonchev–Trinajstić information content (AvgIpc) is 2.69. The SMILES string of the molecule is COc1ccc(NS(=O)(=O)c2cc(C(=O)NC3CCCOC3)ccc2C)cc1. The minimum Gasteiger partial charge on any atom is -0.497 e. The summed E-state index contributed by atoms with van der Waals surface area (Å²) in [4.78, 5) is 12.6. The molecular weight excluding hydrogens is 380 g/mol. The van der Waals surface area contributed by atoms with Crippen molar-refractivity contribution in [3.63, 3.8) is 0 Å². The third kappa shape index (κ3) is 4.82. The maximum atomic E-state index is 12.8. The molecule has 0 aromatic heterocycles. The molecule has 1 aliphatic heterocycles. The van der Waals surface area contributed by atoms with Crippen LogP contribution in [0.5, 0.6) is 5.75 Å². The van der Waals surface area contributed by atoms with Gasteiger partial charge in [-0.25, -0.2) is 8.42 Å². The standard InChI is InChI=1S/C20H24N2O5S/c1-14-5-6-15(20(23)21-17-4-3-11-27-13-17)12-19(14)28(24,25)22-16-7-9-18(26-2)10-8-16/h5-10,12,17,22H,3-4,11,13H2,1-2H3,(H,21,23). The third-order valence-electron chi connectivity index (χ3n) is 4.58. The zero-order valence-corrected chi connectivity index (χ0v) is 16.7. The first-order valence-electron chi connectivity index (χ1n) is 9.05. The van der Waals surface area contributed by atoms with Crippen molar-refractivity contribution < 1.29 is 22.7 Å². The van der Waals surface area contributed by atoms with Crippen molar-refractivity contribution in [3.8, 4) is 5.75 Å². The van der Waals surface area contributed by atoms with Gasteiger partial charge in [-0.05, 0) is 61.7 Å². The second-order valence-corrected chi connectivity index (χ2v) is 8.35. The molecule has 1 saturated heterocycles. The Morgan fingerprint density at radius 3 is 2.57 bits per heavy atom. The minimum atomic E-state index is -3.85. The number of carbonyl (C=O) groups excluding carboxylic acids is 1. The van der Waals surface area contributed by atoms with Crippen molar-refractivity contribution in [2.75, 3.05) is 25.0 Å². The van der Waals surface area contributed by atoms with Gasteiger partial charge >= 0.3 is 0 Å². The number of carbonyl (C=O) groups is 1. The topological polar surface area (TPSA) is 93.7 Å². The van der Waals surface area contributed by atoms with E-state index in [0.29, 0.717) is 35.8 Å². The summed E-state index contributed by atoms with van der Waals surface area (Å²) >= 11 is 0. The van der Waals surface area contributed by atoms with Crippen molar-refractivity contribution in [3.05, 3.63) is 53.6 Å². The van der Waals surface area contributed by atoms with Gasteiger partial charge in [-0.2, -0.15) is 0 Å². The predicted molar refractivity (Wildman–Crippen MR) is 106 cm³/mol. The van der Waals surface area contributed by atoms with Crippen LogP contribution in [0, 0.1) is 6.92 Å². The van der Waals surface area contributed by atoms with E-state index in [-0.39, 0.29) is 16.8 Å².